The van der Waals surface area contributed by atoms with Crippen molar-refractivity contribution in [3.05, 3.63) is 59.9 Å². The van der Waals surface area contributed by atoms with Crippen LogP contribution in [0.15, 0.2) is 47.2 Å². The van der Waals surface area contributed by atoms with Crippen LogP contribution in [0.1, 0.15) is 44.0 Å². The van der Waals surface area contributed by atoms with Gasteiger partial charge in [0.1, 0.15) is 17.0 Å². The molecular formula is C28H30N6O4. The number of imidazole rings is 1. The third-order valence-electron chi connectivity index (χ3n) is 6.39. The lowest BCUT2D eigenvalue weighted by Crippen LogP contribution is -2.34. The molecule has 4 aromatic heterocycles. The molecule has 1 atom stereocenters. The molecular weight excluding hydrogens is 484 g/mol. The van der Waals surface area contributed by atoms with Crippen molar-refractivity contribution in [1.82, 2.24) is 30.0 Å². The highest BCUT2D eigenvalue weighted by molar-refractivity contribution is 6.05. The summed E-state index contributed by atoms with van der Waals surface area (Å²) in [6.45, 7) is 9.43. The third kappa shape index (κ3) is 4.53. The number of hydrogen-bond donors (Lipinski definition) is 1. The molecule has 1 aromatic carbocycles. The van der Waals surface area contributed by atoms with Gasteiger partial charge in [0.25, 0.3) is 11.9 Å². The van der Waals surface area contributed by atoms with Crippen molar-refractivity contribution in [3.63, 3.8) is 0 Å². The summed E-state index contributed by atoms with van der Waals surface area (Å²) in [4.78, 5) is 26.3. The lowest BCUT2D eigenvalue weighted by molar-refractivity contribution is -0.123. The lowest BCUT2D eigenvalue weighted by Gasteiger charge is -2.18. The van der Waals surface area contributed by atoms with Crippen molar-refractivity contribution in [2.75, 3.05) is 13.7 Å². The van der Waals surface area contributed by atoms with Gasteiger partial charge in [-0.25, -0.2) is 0 Å². The predicted octanol–water partition coefficient (Wildman–Crippen LogP) is 4.77. The van der Waals surface area contributed by atoms with Crippen molar-refractivity contribution in [2.45, 2.75) is 46.7 Å². The number of carbonyl (C=O) groups is 1. The molecule has 0 bridgehead atoms. The van der Waals surface area contributed by atoms with Gasteiger partial charge in [-0.1, -0.05) is 11.2 Å². The molecule has 196 valence electrons. The van der Waals surface area contributed by atoms with Gasteiger partial charge >= 0.3 is 0 Å². The Hall–Kier alpha value is -4.47. The normalized spacial score (nSPS) is 12.3. The second-order valence-corrected chi connectivity index (χ2v) is 9.47. The summed E-state index contributed by atoms with van der Waals surface area (Å²) >= 11 is 0. The summed E-state index contributed by atoms with van der Waals surface area (Å²) in [5.74, 6) is 1.13. The fourth-order valence-electron chi connectivity index (χ4n) is 4.72. The Bertz CT molecular complexity index is 1600. The Labute approximate surface area is 220 Å². The van der Waals surface area contributed by atoms with Crippen LogP contribution in [0.3, 0.4) is 0 Å². The van der Waals surface area contributed by atoms with E-state index in [2.05, 4.69) is 15.5 Å². The van der Waals surface area contributed by atoms with Crippen LogP contribution in [0, 0.1) is 13.8 Å². The maximum Gasteiger partial charge on any atom is 0.298 e. The summed E-state index contributed by atoms with van der Waals surface area (Å²) in [6.07, 6.45) is 3.46. The molecule has 0 aliphatic carbocycles. The number of aromatic nitrogens is 5. The maximum absolute atomic E-state index is 12.4. The summed E-state index contributed by atoms with van der Waals surface area (Å²) in [7, 11) is 1.63. The number of benzene rings is 1. The van der Waals surface area contributed by atoms with E-state index in [4.69, 9.17) is 24.0 Å². The number of hydrogen-bond acceptors (Lipinski definition) is 8. The van der Waals surface area contributed by atoms with Crippen LogP contribution >= 0.6 is 0 Å². The second kappa shape index (κ2) is 10.1. The van der Waals surface area contributed by atoms with Crippen LogP contribution in [-0.2, 0) is 4.79 Å². The van der Waals surface area contributed by atoms with Crippen LogP contribution in [0.2, 0.25) is 0 Å². The first-order valence-electron chi connectivity index (χ1n) is 12.4. The van der Waals surface area contributed by atoms with E-state index in [1.807, 2.05) is 69.5 Å². The largest absolute Gasteiger partial charge is 0.496 e. The van der Waals surface area contributed by atoms with E-state index in [1.54, 1.807) is 19.5 Å². The SMILES string of the molecule is COc1cc2c(cc1-c1c(C)noc1C)ncc1nc(OCC(=O)NC(C)C)n([C@H](C)c3ccccn3)c12. The number of carbonyl (C=O) groups excluding carboxylic acids is 1. The highest BCUT2D eigenvalue weighted by Gasteiger charge is 2.24. The van der Waals surface area contributed by atoms with E-state index < -0.39 is 0 Å². The first-order chi connectivity index (χ1) is 18.3. The smallest absolute Gasteiger partial charge is 0.298 e. The molecule has 0 aliphatic rings. The molecule has 0 unspecified atom stereocenters. The summed E-state index contributed by atoms with van der Waals surface area (Å²) in [5, 5.41) is 7.77. The summed E-state index contributed by atoms with van der Waals surface area (Å²) in [6, 6.07) is 9.74. The summed E-state index contributed by atoms with van der Waals surface area (Å²) < 4.78 is 19.2. The minimum Gasteiger partial charge on any atom is -0.496 e. The first kappa shape index (κ1) is 25.2. The Balaban J connectivity index is 1.72. The number of amides is 1. The van der Waals surface area contributed by atoms with Crippen molar-refractivity contribution in [1.29, 1.82) is 0 Å². The number of pyridine rings is 2. The van der Waals surface area contributed by atoms with E-state index in [9.17, 15) is 4.79 Å². The molecule has 0 saturated heterocycles. The molecule has 0 aliphatic heterocycles. The third-order valence-corrected chi connectivity index (χ3v) is 6.39. The van der Waals surface area contributed by atoms with E-state index in [0.717, 1.165) is 38.9 Å². The molecule has 0 radical (unpaired) electrons. The van der Waals surface area contributed by atoms with E-state index >= 15 is 0 Å². The molecule has 1 amide bonds. The van der Waals surface area contributed by atoms with Gasteiger partial charge in [-0.3, -0.25) is 19.3 Å². The van der Waals surface area contributed by atoms with Crippen molar-refractivity contribution < 1.29 is 18.8 Å². The zero-order chi connectivity index (χ0) is 27.0. The molecule has 0 fully saturated rings. The topological polar surface area (TPSA) is 117 Å². The number of aryl methyl sites for hydroxylation is 2. The van der Waals surface area contributed by atoms with Crippen LogP contribution in [0.25, 0.3) is 33.1 Å². The van der Waals surface area contributed by atoms with Gasteiger partial charge in [0.15, 0.2) is 6.61 Å². The monoisotopic (exact) mass is 514 g/mol. The van der Waals surface area contributed by atoms with E-state index in [1.165, 1.54) is 0 Å². The average molecular weight is 515 g/mol. The Morgan fingerprint density at radius 2 is 1.95 bits per heavy atom. The Kier molecular flexibility index (Phi) is 6.71. The van der Waals surface area contributed by atoms with Gasteiger partial charge < -0.3 is 19.3 Å². The number of fused-ring (bicyclic) bond motifs is 3. The van der Waals surface area contributed by atoms with Gasteiger partial charge in [-0.2, -0.15) is 4.98 Å². The molecule has 10 heteroatoms. The van der Waals surface area contributed by atoms with Gasteiger partial charge in [-0.05, 0) is 58.9 Å². The standard InChI is InChI=1S/C28H30N6O4/c1-15(2)31-25(35)14-37-28-32-23-13-30-22-11-20(26-16(3)33-38-18(26)5)24(36-6)12-19(22)27(23)34(28)17(4)21-9-7-8-10-29-21/h7-13,15,17H,14H2,1-6H3,(H,31,35)/t17-/m1/s1. The number of rotatable bonds is 8. The van der Waals surface area contributed by atoms with Gasteiger partial charge in [0.05, 0.1) is 47.3 Å². The minimum atomic E-state index is -0.247. The zero-order valence-electron chi connectivity index (χ0n) is 22.3. The number of nitrogens with zero attached hydrogens (tertiary/aromatic N) is 5. The van der Waals surface area contributed by atoms with Crippen molar-refractivity contribution >= 4 is 27.8 Å². The molecule has 10 nitrogen and oxygen atoms in total. The number of methoxy groups -OCH3 is 1. The van der Waals surface area contributed by atoms with Gasteiger partial charge in [0, 0.05) is 23.2 Å². The average Bonchev–Trinajstić information content (AvgIpc) is 3.45. The fourth-order valence-corrected chi connectivity index (χ4v) is 4.72. The zero-order valence-corrected chi connectivity index (χ0v) is 22.3. The summed E-state index contributed by atoms with van der Waals surface area (Å²) in [5.41, 5.74) is 5.49. The van der Waals surface area contributed by atoms with Crippen molar-refractivity contribution in [3.8, 4) is 22.9 Å². The quantitative estimate of drug-likeness (QED) is 0.315. The Morgan fingerprint density at radius 1 is 1.13 bits per heavy atom. The lowest BCUT2D eigenvalue weighted by atomic mass is 10.0. The molecule has 5 aromatic rings. The predicted molar refractivity (Wildman–Crippen MR) is 143 cm³/mol. The van der Waals surface area contributed by atoms with Crippen LogP contribution in [-0.4, -0.2) is 50.3 Å². The van der Waals surface area contributed by atoms with Crippen molar-refractivity contribution in [2.24, 2.45) is 0 Å². The van der Waals surface area contributed by atoms with Crippen LogP contribution < -0.4 is 14.8 Å². The highest BCUT2D eigenvalue weighted by Crippen LogP contribution is 2.40. The van der Waals surface area contributed by atoms with E-state index in [-0.39, 0.29) is 24.6 Å². The van der Waals surface area contributed by atoms with Crippen LogP contribution in [0.4, 0.5) is 0 Å². The number of ether oxygens (including phenoxy) is 2. The second-order valence-electron chi connectivity index (χ2n) is 9.47. The number of nitrogens with one attached hydrogen (secondary N) is 1. The molecule has 5 rings (SSSR count). The molecule has 0 saturated carbocycles. The van der Waals surface area contributed by atoms with Gasteiger partial charge in [0.2, 0.25) is 0 Å². The highest BCUT2D eigenvalue weighted by atomic mass is 16.5. The molecule has 0 spiro atoms. The van der Waals surface area contributed by atoms with Gasteiger partial charge in [-0.15, -0.1) is 0 Å². The fraction of sp³-hybridized carbons (Fsp3) is 0.321. The maximum atomic E-state index is 12.4. The molecule has 1 N–H and O–H groups in total. The van der Waals surface area contributed by atoms with E-state index in [0.29, 0.717) is 23.0 Å². The molecule has 4 heterocycles. The molecule has 38 heavy (non-hydrogen) atoms. The van der Waals surface area contributed by atoms with Crippen LogP contribution in [0.5, 0.6) is 11.8 Å². The first-order valence-corrected chi connectivity index (χ1v) is 12.4. The Morgan fingerprint density at radius 3 is 2.61 bits per heavy atom. The minimum absolute atomic E-state index is 0.00450.